The van der Waals surface area contributed by atoms with Crippen LogP contribution in [0.4, 0.5) is 4.39 Å². The summed E-state index contributed by atoms with van der Waals surface area (Å²) in [5, 5.41) is 13.9. The highest BCUT2D eigenvalue weighted by atomic mass is 32.1. The number of carbonyl (C=O) groups excluding carboxylic acids is 1. The van der Waals surface area contributed by atoms with E-state index in [9.17, 15) is 19.1 Å². The molecule has 3 aromatic rings. The minimum absolute atomic E-state index is 0.130. The maximum absolute atomic E-state index is 14.3. The Hall–Kier alpha value is -3.06. The minimum atomic E-state index is -1.02. The first kappa shape index (κ1) is 19.7. The lowest BCUT2D eigenvalue weighted by Gasteiger charge is -2.18. The third kappa shape index (κ3) is 4.26. The van der Waals surface area contributed by atoms with Gasteiger partial charge >= 0.3 is 5.97 Å². The van der Waals surface area contributed by atoms with Crippen molar-refractivity contribution in [2.24, 2.45) is 0 Å². The molecular formula is C21H19FN2O3S. The van der Waals surface area contributed by atoms with Crippen LogP contribution >= 0.6 is 11.3 Å². The van der Waals surface area contributed by atoms with E-state index in [1.807, 2.05) is 19.1 Å². The molecule has 1 aromatic heterocycles. The summed E-state index contributed by atoms with van der Waals surface area (Å²) in [4.78, 5) is 28.2. The first-order valence-corrected chi connectivity index (χ1v) is 9.54. The van der Waals surface area contributed by atoms with Gasteiger partial charge < -0.3 is 10.4 Å². The number of carbonyl (C=O) groups is 2. The average molecular weight is 398 g/mol. The van der Waals surface area contributed by atoms with Crippen molar-refractivity contribution < 1.29 is 19.1 Å². The Morgan fingerprint density at radius 3 is 2.57 bits per heavy atom. The molecule has 1 atom stereocenters. The van der Waals surface area contributed by atoms with Crippen LogP contribution in [0.15, 0.2) is 47.8 Å². The molecule has 3 rings (SSSR count). The molecule has 0 spiro atoms. The number of rotatable bonds is 6. The van der Waals surface area contributed by atoms with E-state index in [0.717, 1.165) is 11.1 Å². The highest BCUT2D eigenvalue weighted by Gasteiger charge is 2.22. The Morgan fingerprint density at radius 1 is 1.14 bits per heavy atom. The van der Waals surface area contributed by atoms with Crippen LogP contribution in [0, 0.1) is 19.7 Å². The van der Waals surface area contributed by atoms with Crippen LogP contribution in [0.5, 0.6) is 0 Å². The van der Waals surface area contributed by atoms with E-state index in [2.05, 4.69) is 10.3 Å². The number of carboxylic acid groups (broad SMARTS) is 1. The second-order valence-electron chi connectivity index (χ2n) is 6.45. The van der Waals surface area contributed by atoms with Gasteiger partial charge in [0.05, 0.1) is 12.5 Å². The highest BCUT2D eigenvalue weighted by Crippen LogP contribution is 2.28. The molecule has 0 radical (unpaired) electrons. The minimum Gasteiger partial charge on any atom is -0.481 e. The van der Waals surface area contributed by atoms with E-state index in [1.165, 1.54) is 11.3 Å². The number of hydrogen-bond acceptors (Lipinski definition) is 4. The normalized spacial score (nSPS) is 11.8. The number of carboxylic acids is 1. The predicted octanol–water partition coefficient (Wildman–Crippen LogP) is 4.51. The molecule has 1 amide bonds. The van der Waals surface area contributed by atoms with Crippen LogP contribution in [0.3, 0.4) is 0 Å². The van der Waals surface area contributed by atoms with Crippen LogP contribution in [0.1, 0.15) is 39.6 Å². The second kappa shape index (κ2) is 8.31. The number of thiazole rings is 1. The number of hydrogen-bond donors (Lipinski definition) is 2. The number of amides is 1. The molecule has 7 heteroatoms. The smallest absolute Gasteiger partial charge is 0.305 e. The summed E-state index contributed by atoms with van der Waals surface area (Å²) in [5.41, 5.74) is 2.59. The van der Waals surface area contributed by atoms with Crippen LogP contribution in [-0.4, -0.2) is 22.0 Å². The van der Waals surface area contributed by atoms with Gasteiger partial charge in [0, 0.05) is 10.9 Å². The van der Waals surface area contributed by atoms with Gasteiger partial charge in [0.1, 0.15) is 16.5 Å². The first-order chi connectivity index (χ1) is 13.4. The molecule has 0 saturated heterocycles. The second-order valence-corrected chi connectivity index (χ2v) is 7.31. The summed E-state index contributed by atoms with van der Waals surface area (Å²) < 4.78 is 14.3. The van der Waals surface area contributed by atoms with Gasteiger partial charge in [-0.3, -0.25) is 9.59 Å². The fourth-order valence-electron chi connectivity index (χ4n) is 2.94. The van der Waals surface area contributed by atoms with E-state index >= 15 is 0 Å². The largest absolute Gasteiger partial charge is 0.481 e. The van der Waals surface area contributed by atoms with Gasteiger partial charge in [-0.25, -0.2) is 9.37 Å². The van der Waals surface area contributed by atoms with Crippen LogP contribution in [0.25, 0.3) is 10.6 Å². The SMILES string of the molecule is Cc1ccccc1C(CC(=O)O)NC(=O)c1csc(-c2cccc(C)c2F)n1. The van der Waals surface area contributed by atoms with Gasteiger partial charge in [0.25, 0.3) is 5.91 Å². The zero-order valence-corrected chi connectivity index (χ0v) is 16.2. The molecule has 1 unspecified atom stereocenters. The monoisotopic (exact) mass is 398 g/mol. The van der Waals surface area contributed by atoms with Gasteiger partial charge in [-0.05, 0) is 36.6 Å². The number of aromatic nitrogens is 1. The van der Waals surface area contributed by atoms with Crippen molar-refractivity contribution >= 4 is 23.2 Å². The van der Waals surface area contributed by atoms with Crippen LogP contribution in [-0.2, 0) is 4.79 Å². The molecule has 0 saturated carbocycles. The van der Waals surface area contributed by atoms with E-state index in [1.54, 1.807) is 42.6 Å². The number of nitrogens with zero attached hydrogens (tertiary/aromatic N) is 1. The Morgan fingerprint density at radius 2 is 1.86 bits per heavy atom. The lowest BCUT2D eigenvalue weighted by molar-refractivity contribution is -0.137. The summed E-state index contributed by atoms with van der Waals surface area (Å²) in [6.45, 7) is 3.52. The van der Waals surface area contributed by atoms with Crippen molar-refractivity contribution in [1.29, 1.82) is 0 Å². The zero-order chi connectivity index (χ0) is 20.3. The lowest BCUT2D eigenvalue weighted by Crippen LogP contribution is -2.30. The third-order valence-electron chi connectivity index (χ3n) is 4.41. The van der Waals surface area contributed by atoms with Crippen molar-refractivity contribution in [3.05, 3.63) is 76.0 Å². The number of benzene rings is 2. The summed E-state index contributed by atoms with van der Waals surface area (Å²) >= 11 is 1.17. The van der Waals surface area contributed by atoms with E-state index in [-0.39, 0.29) is 17.9 Å². The summed E-state index contributed by atoms with van der Waals surface area (Å²) in [6.07, 6.45) is -0.250. The summed E-state index contributed by atoms with van der Waals surface area (Å²) in [6, 6.07) is 11.6. The Bertz CT molecular complexity index is 1030. The Balaban J connectivity index is 1.85. The van der Waals surface area contributed by atoms with Crippen molar-refractivity contribution in [2.45, 2.75) is 26.3 Å². The molecule has 1 heterocycles. The molecule has 0 aliphatic rings. The van der Waals surface area contributed by atoms with Crippen molar-refractivity contribution in [1.82, 2.24) is 10.3 Å². The predicted molar refractivity (Wildman–Crippen MR) is 106 cm³/mol. The standard InChI is InChI=1S/C21H19FN2O3S/c1-12-6-3-4-8-14(12)16(10-18(25)26)23-20(27)17-11-28-21(24-17)15-9-5-7-13(2)19(15)22/h3-9,11,16H,10H2,1-2H3,(H,23,27)(H,25,26). The van der Waals surface area contributed by atoms with Gasteiger partial charge in [-0.2, -0.15) is 0 Å². The van der Waals surface area contributed by atoms with Gasteiger partial charge in [-0.1, -0.05) is 36.4 Å². The Labute approximate surface area is 165 Å². The average Bonchev–Trinajstić information content (AvgIpc) is 3.13. The van der Waals surface area contributed by atoms with Gasteiger partial charge in [0.15, 0.2) is 0 Å². The third-order valence-corrected chi connectivity index (χ3v) is 5.28. The molecule has 0 aliphatic heterocycles. The van der Waals surface area contributed by atoms with E-state index in [0.29, 0.717) is 16.1 Å². The van der Waals surface area contributed by atoms with Crippen molar-refractivity contribution in [3.8, 4) is 10.6 Å². The topological polar surface area (TPSA) is 79.3 Å². The van der Waals surface area contributed by atoms with Crippen molar-refractivity contribution in [3.63, 3.8) is 0 Å². The molecular weight excluding hydrogens is 379 g/mol. The maximum atomic E-state index is 14.3. The van der Waals surface area contributed by atoms with Crippen LogP contribution in [0.2, 0.25) is 0 Å². The quantitative estimate of drug-likeness (QED) is 0.640. The molecule has 0 bridgehead atoms. The number of nitrogens with one attached hydrogen (secondary N) is 1. The first-order valence-electron chi connectivity index (χ1n) is 8.66. The maximum Gasteiger partial charge on any atom is 0.305 e. The van der Waals surface area contributed by atoms with Gasteiger partial charge in [-0.15, -0.1) is 11.3 Å². The van der Waals surface area contributed by atoms with E-state index in [4.69, 9.17) is 0 Å². The summed E-state index contributed by atoms with van der Waals surface area (Å²) in [7, 11) is 0. The molecule has 144 valence electrons. The molecule has 0 fully saturated rings. The van der Waals surface area contributed by atoms with E-state index < -0.39 is 17.9 Å². The number of halogens is 1. The molecule has 28 heavy (non-hydrogen) atoms. The molecule has 2 N–H and O–H groups in total. The van der Waals surface area contributed by atoms with Crippen molar-refractivity contribution in [2.75, 3.05) is 0 Å². The number of aliphatic carboxylic acids is 1. The zero-order valence-electron chi connectivity index (χ0n) is 15.4. The molecule has 5 nitrogen and oxygen atoms in total. The lowest BCUT2D eigenvalue weighted by atomic mass is 9.98. The fourth-order valence-corrected chi connectivity index (χ4v) is 3.76. The Kier molecular flexibility index (Phi) is 5.84. The number of aryl methyl sites for hydroxylation is 2. The highest BCUT2D eigenvalue weighted by molar-refractivity contribution is 7.13. The van der Waals surface area contributed by atoms with Crippen LogP contribution < -0.4 is 5.32 Å². The van der Waals surface area contributed by atoms with Gasteiger partial charge in [0.2, 0.25) is 0 Å². The summed E-state index contributed by atoms with van der Waals surface area (Å²) in [5.74, 6) is -1.88. The molecule has 0 aliphatic carbocycles. The fraction of sp³-hybridized carbons (Fsp3) is 0.190. The molecule has 2 aromatic carbocycles.